The molecule has 1 fully saturated rings. The second kappa shape index (κ2) is 4.69. The Morgan fingerprint density at radius 2 is 1.82 bits per heavy atom. The third-order valence-electron chi connectivity index (χ3n) is 3.49. The van der Waals surface area contributed by atoms with Crippen LogP contribution in [0.25, 0.3) is 0 Å². The highest BCUT2D eigenvalue weighted by Crippen LogP contribution is 2.34. The lowest BCUT2D eigenvalue weighted by Gasteiger charge is -2.36. The van der Waals surface area contributed by atoms with Gasteiger partial charge in [0.2, 0.25) is 0 Å². The molecule has 1 aliphatic carbocycles. The molecule has 0 bridgehead atoms. The summed E-state index contributed by atoms with van der Waals surface area (Å²) in [7, 11) is 2.02. The fourth-order valence-corrected chi connectivity index (χ4v) is 2.27. The molecule has 1 saturated carbocycles. The molecule has 1 aromatic rings. The van der Waals surface area contributed by atoms with Gasteiger partial charge in [0.05, 0.1) is 0 Å². The van der Waals surface area contributed by atoms with Crippen molar-refractivity contribution in [2.75, 3.05) is 7.05 Å². The molecule has 1 aromatic carbocycles. The standard InChI is InChI=1S/C15H23NO/c1-15(2,3)13-7-5-6-8-14(13)17-12-9-11(10-12)16-4/h5-8,11-12,16H,9-10H2,1-4H3. The molecule has 0 heterocycles. The number of hydrogen-bond acceptors (Lipinski definition) is 2. The molecule has 0 spiro atoms. The van der Waals surface area contributed by atoms with E-state index in [9.17, 15) is 0 Å². The first-order valence-electron chi connectivity index (χ1n) is 6.44. The van der Waals surface area contributed by atoms with Crippen molar-refractivity contribution in [3.05, 3.63) is 29.8 Å². The Morgan fingerprint density at radius 3 is 2.41 bits per heavy atom. The molecule has 2 heteroatoms. The third-order valence-corrected chi connectivity index (χ3v) is 3.49. The summed E-state index contributed by atoms with van der Waals surface area (Å²) in [6, 6.07) is 9.04. The van der Waals surface area contributed by atoms with Gasteiger partial charge in [0.15, 0.2) is 0 Å². The summed E-state index contributed by atoms with van der Waals surface area (Å²) in [4.78, 5) is 0. The van der Waals surface area contributed by atoms with Gasteiger partial charge in [-0.25, -0.2) is 0 Å². The first-order valence-corrected chi connectivity index (χ1v) is 6.44. The lowest BCUT2D eigenvalue weighted by atomic mass is 9.85. The van der Waals surface area contributed by atoms with Gasteiger partial charge < -0.3 is 10.1 Å². The molecule has 1 aliphatic rings. The molecular formula is C15H23NO. The summed E-state index contributed by atoms with van der Waals surface area (Å²) in [5, 5.41) is 3.28. The smallest absolute Gasteiger partial charge is 0.123 e. The maximum Gasteiger partial charge on any atom is 0.123 e. The van der Waals surface area contributed by atoms with Crippen LogP contribution >= 0.6 is 0 Å². The van der Waals surface area contributed by atoms with Gasteiger partial charge in [0.25, 0.3) is 0 Å². The minimum absolute atomic E-state index is 0.142. The van der Waals surface area contributed by atoms with Crippen molar-refractivity contribution in [1.29, 1.82) is 0 Å². The number of benzene rings is 1. The van der Waals surface area contributed by atoms with Gasteiger partial charge >= 0.3 is 0 Å². The van der Waals surface area contributed by atoms with Crippen LogP contribution in [0, 0.1) is 0 Å². The number of rotatable bonds is 3. The monoisotopic (exact) mass is 233 g/mol. The molecule has 0 atom stereocenters. The Hall–Kier alpha value is -1.02. The number of ether oxygens (including phenoxy) is 1. The first kappa shape index (κ1) is 12.4. The maximum absolute atomic E-state index is 6.10. The van der Waals surface area contributed by atoms with Crippen molar-refractivity contribution in [2.24, 2.45) is 0 Å². The van der Waals surface area contributed by atoms with Crippen LogP contribution in [0.1, 0.15) is 39.2 Å². The van der Waals surface area contributed by atoms with Crippen LogP contribution in [0.2, 0.25) is 0 Å². The average molecular weight is 233 g/mol. The van der Waals surface area contributed by atoms with E-state index in [2.05, 4.69) is 50.4 Å². The molecule has 0 aromatic heterocycles. The van der Waals surface area contributed by atoms with Gasteiger partial charge in [-0.1, -0.05) is 39.0 Å². The molecule has 94 valence electrons. The van der Waals surface area contributed by atoms with Crippen molar-refractivity contribution in [3.63, 3.8) is 0 Å². The highest BCUT2D eigenvalue weighted by Gasteiger charge is 2.30. The largest absolute Gasteiger partial charge is 0.490 e. The topological polar surface area (TPSA) is 21.3 Å². The van der Waals surface area contributed by atoms with Gasteiger partial charge in [0, 0.05) is 6.04 Å². The predicted molar refractivity (Wildman–Crippen MR) is 71.6 cm³/mol. The number of nitrogens with one attached hydrogen (secondary N) is 1. The fraction of sp³-hybridized carbons (Fsp3) is 0.600. The minimum Gasteiger partial charge on any atom is -0.490 e. The molecular weight excluding hydrogens is 210 g/mol. The van der Waals surface area contributed by atoms with E-state index in [4.69, 9.17) is 4.74 Å². The van der Waals surface area contributed by atoms with Gasteiger partial charge in [-0.3, -0.25) is 0 Å². The van der Waals surface area contributed by atoms with E-state index in [0.717, 1.165) is 18.6 Å². The average Bonchev–Trinajstić information content (AvgIpc) is 2.22. The normalized spacial score (nSPS) is 24.2. The molecule has 0 saturated heterocycles. The van der Waals surface area contributed by atoms with E-state index in [1.807, 2.05) is 7.05 Å². The van der Waals surface area contributed by atoms with E-state index in [0.29, 0.717) is 12.1 Å². The van der Waals surface area contributed by atoms with Crippen molar-refractivity contribution in [2.45, 2.75) is 51.2 Å². The molecule has 0 amide bonds. The number of para-hydroxylation sites is 1. The highest BCUT2D eigenvalue weighted by molar-refractivity contribution is 5.38. The Morgan fingerprint density at radius 1 is 1.18 bits per heavy atom. The first-order chi connectivity index (χ1) is 8.00. The third kappa shape index (κ3) is 2.81. The van der Waals surface area contributed by atoms with Crippen LogP contribution in [-0.2, 0) is 5.41 Å². The molecule has 2 nitrogen and oxygen atoms in total. The quantitative estimate of drug-likeness (QED) is 0.866. The molecule has 1 N–H and O–H groups in total. The Balaban J connectivity index is 2.06. The fourth-order valence-electron chi connectivity index (χ4n) is 2.27. The van der Waals surface area contributed by atoms with E-state index in [1.165, 1.54) is 5.56 Å². The van der Waals surface area contributed by atoms with Gasteiger partial charge in [-0.15, -0.1) is 0 Å². The Labute approximate surface area is 104 Å². The summed E-state index contributed by atoms with van der Waals surface area (Å²) in [5.41, 5.74) is 1.44. The van der Waals surface area contributed by atoms with Crippen molar-refractivity contribution < 1.29 is 4.74 Å². The van der Waals surface area contributed by atoms with Crippen molar-refractivity contribution in [3.8, 4) is 5.75 Å². The zero-order valence-corrected chi connectivity index (χ0v) is 11.3. The lowest BCUT2D eigenvalue weighted by Crippen LogP contribution is -2.45. The zero-order valence-electron chi connectivity index (χ0n) is 11.3. The second-order valence-electron chi connectivity index (χ2n) is 5.94. The number of hydrogen-bond donors (Lipinski definition) is 1. The van der Waals surface area contributed by atoms with Crippen LogP contribution in [0.5, 0.6) is 5.75 Å². The van der Waals surface area contributed by atoms with Crippen LogP contribution in [-0.4, -0.2) is 19.2 Å². The molecule has 2 rings (SSSR count). The maximum atomic E-state index is 6.10. The Bertz CT molecular complexity index is 375. The molecule has 0 unspecified atom stereocenters. The predicted octanol–water partition coefficient (Wildman–Crippen LogP) is 3.11. The molecule has 17 heavy (non-hydrogen) atoms. The van der Waals surface area contributed by atoms with Gasteiger partial charge in [-0.05, 0) is 36.9 Å². The summed E-state index contributed by atoms with van der Waals surface area (Å²) in [5.74, 6) is 1.06. The van der Waals surface area contributed by atoms with Crippen LogP contribution in [0.3, 0.4) is 0 Å². The minimum atomic E-state index is 0.142. The molecule has 0 radical (unpaired) electrons. The van der Waals surface area contributed by atoms with Gasteiger partial charge in [-0.2, -0.15) is 0 Å². The van der Waals surface area contributed by atoms with E-state index >= 15 is 0 Å². The second-order valence-corrected chi connectivity index (χ2v) is 5.94. The van der Waals surface area contributed by atoms with Gasteiger partial charge in [0.1, 0.15) is 11.9 Å². The summed E-state index contributed by atoms with van der Waals surface area (Å²) in [6.45, 7) is 6.69. The van der Waals surface area contributed by atoms with E-state index in [1.54, 1.807) is 0 Å². The lowest BCUT2D eigenvalue weighted by molar-refractivity contribution is 0.0865. The summed E-state index contributed by atoms with van der Waals surface area (Å²) >= 11 is 0. The van der Waals surface area contributed by atoms with E-state index in [-0.39, 0.29) is 5.41 Å². The van der Waals surface area contributed by atoms with Crippen molar-refractivity contribution >= 4 is 0 Å². The zero-order chi connectivity index (χ0) is 12.5. The molecule has 0 aliphatic heterocycles. The van der Waals surface area contributed by atoms with E-state index < -0.39 is 0 Å². The SMILES string of the molecule is CNC1CC(Oc2ccccc2C(C)(C)C)C1. The summed E-state index contributed by atoms with van der Waals surface area (Å²) < 4.78 is 6.10. The van der Waals surface area contributed by atoms with Crippen LogP contribution in [0.15, 0.2) is 24.3 Å². The van der Waals surface area contributed by atoms with Crippen molar-refractivity contribution in [1.82, 2.24) is 5.32 Å². The Kier molecular flexibility index (Phi) is 3.43. The van der Waals surface area contributed by atoms with Crippen LogP contribution < -0.4 is 10.1 Å². The van der Waals surface area contributed by atoms with Crippen LogP contribution in [0.4, 0.5) is 0 Å². The highest BCUT2D eigenvalue weighted by atomic mass is 16.5. The summed E-state index contributed by atoms with van der Waals surface area (Å²) in [6.07, 6.45) is 2.63.